The molecule has 164 valence electrons. The number of rotatable bonds is 0. The van der Waals surface area contributed by atoms with Gasteiger partial charge in [0.05, 0.1) is 0 Å². The fraction of sp³-hybridized carbons (Fsp3) is 0.138. The van der Waals surface area contributed by atoms with E-state index < -0.39 is 0 Å². The van der Waals surface area contributed by atoms with Gasteiger partial charge in [-0.2, -0.15) is 35.0 Å². The molecule has 6 rings (SSSR count). The van der Waals surface area contributed by atoms with Gasteiger partial charge in [-0.25, -0.2) is 18.1 Å². The Bertz CT molecular complexity index is 949. The molecule has 4 aromatic rings. The maximum Gasteiger partial charge on any atom is 4.00 e. The second-order valence-corrected chi connectivity index (χ2v) is 7.12. The van der Waals surface area contributed by atoms with E-state index in [1.165, 1.54) is 40.8 Å². The number of halogens is 2. The van der Waals surface area contributed by atoms with E-state index in [4.69, 9.17) is 0 Å². The van der Waals surface area contributed by atoms with Crippen LogP contribution in [0.25, 0.3) is 21.5 Å². The first-order chi connectivity index (χ1) is 14.4. The summed E-state index contributed by atoms with van der Waals surface area (Å²) in [4.78, 5) is 0. The Balaban J connectivity index is 0. The fourth-order valence-electron chi connectivity index (χ4n) is 3.80. The van der Waals surface area contributed by atoms with Gasteiger partial charge in [-0.05, 0) is 12.3 Å². The zero-order chi connectivity index (χ0) is 20.3. The van der Waals surface area contributed by atoms with Gasteiger partial charge in [0, 0.05) is 0 Å². The maximum atomic E-state index is 3.00. The Kier molecular flexibility index (Phi) is 20.2. The van der Waals surface area contributed by atoms with Crippen LogP contribution in [0, 0.1) is 12.3 Å². The van der Waals surface area contributed by atoms with Crippen LogP contribution in [0.4, 0.5) is 0 Å². The number of hydrogen-bond acceptors (Lipinski definition) is 0. The normalized spacial score (nSPS) is 14.2. The van der Waals surface area contributed by atoms with Crippen LogP contribution >= 0.6 is 0 Å². The van der Waals surface area contributed by atoms with Crippen molar-refractivity contribution in [1.82, 2.24) is 0 Å². The van der Waals surface area contributed by atoms with E-state index in [2.05, 4.69) is 123 Å². The van der Waals surface area contributed by atoms with Gasteiger partial charge in [0.1, 0.15) is 0 Å². The van der Waals surface area contributed by atoms with Crippen LogP contribution in [0.2, 0.25) is 0 Å². The second-order valence-electron chi connectivity index (χ2n) is 7.12. The van der Waals surface area contributed by atoms with Crippen molar-refractivity contribution >= 4 is 21.5 Å². The standard InChI is InChI=1S/C9H11.2C9H7.C2H4.2ClH.2Zr/c3*1-2-5-9-7-3-6-8(9)4-1;1-2;;;;/h1-2,4,6,9H,3,5,7H2;2*1-7H;1-2H2;2*1H;;/q3*-1;;;;2*+4/p-2. The zero-order valence-electron chi connectivity index (χ0n) is 18.8. The van der Waals surface area contributed by atoms with Gasteiger partial charge in [-0.15, -0.1) is 91.0 Å². The van der Waals surface area contributed by atoms with Crippen molar-refractivity contribution in [3.05, 3.63) is 128 Å². The van der Waals surface area contributed by atoms with E-state index >= 15 is 0 Å². The van der Waals surface area contributed by atoms with Crippen LogP contribution in [0.3, 0.4) is 0 Å². The molecule has 1 atom stereocenters. The predicted octanol–water partition coefficient (Wildman–Crippen LogP) is 2.41. The SMILES string of the molecule is C1=CCC2CC[CH-]C2=C1.C=C.[Cl-].[Cl-].[Zr+4].[Zr+4].c1ccc2[cH-]ccc2c1.c1ccc2[cH-]ccc2c1. The van der Waals surface area contributed by atoms with Crippen molar-refractivity contribution in [3.63, 3.8) is 0 Å². The van der Waals surface area contributed by atoms with E-state index in [0.717, 1.165) is 5.92 Å². The Morgan fingerprint density at radius 2 is 1.24 bits per heavy atom. The molecule has 0 saturated heterocycles. The largest absolute Gasteiger partial charge is 4.00 e. The first-order valence-corrected chi connectivity index (χ1v) is 10.3. The number of hydrogen-bond donors (Lipinski definition) is 0. The number of allylic oxidation sites excluding steroid dienone is 4. The molecule has 1 fully saturated rings. The van der Waals surface area contributed by atoms with Crippen molar-refractivity contribution in [2.24, 2.45) is 5.92 Å². The molecular weight excluding hydrogens is 602 g/mol. The average molecular weight is 631 g/mol. The molecule has 0 radical (unpaired) electrons. The molecule has 0 spiro atoms. The summed E-state index contributed by atoms with van der Waals surface area (Å²) in [6.45, 7) is 6.00. The van der Waals surface area contributed by atoms with Gasteiger partial charge in [-0.1, -0.05) is 18.6 Å². The molecule has 0 bridgehead atoms. The molecule has 4 heteroatoms. The quantitative estimate of drug-likeness (QED) is 0.207. The van der Waals surface area contributed by atoms with E-state index in [1.807, 2.05) is 0 Å². The maximum absolute atomic E-state index is 3.00. The monoisotopic (exact) mass is 627 g/mol. The van der Waals surface area contributed by atoms with E-state index in [1.54, 1.807) is 5.57 Å². The molecule has 0 nitrogen and oxygen atoms in total. The molecule has 0 aliphatic heterocycles. The zero-order valence-corrected chi connectivity index (χ0v) is 25.2. The molecule has 0 amide bonds. The summed E-state index contributed by atoms with van der Waals surface area (Å²) in [5.74, 6) is 0.884. The summed E-state index contributed by atoms with van der Waals surface area (Å²) >= 11 is 0. The third-order valence-corrected chi connectivity index (χ3v) is 5.31. The van der Waals surface area contributed by atoms with Gasteiger partial charge in [0.2, 0.25) is 0 Å². The van der Waals surface area contributed by atoms with Crippen LogP contribution in [-0.4, -0.2) is 0 Å². The number of benzene rings is 2. The minimum Gasteiger partial charge on any atom is -1.00 e. The Labute approximate surface area is 250 Å². The molecule has 2 aliphatic carbocycles. The van der Waals surface area contributed by atoms with E-state index in [9.17, 15) is 0 Å². The molecule has 0 heterocycles. The number of fused-ring (bicyclic) bond motifs is 3. The third-order valence-electron chi connectivity index (χ3n) is 5.31. The summed E-state index contributed by atoms with van der Waals surface area (Å²) in [6, 6.07) is 29.3. The summed E-state index contributed by atoms with van der Waals surface area (Å²) in [7, 11) is 0. The molecule has 33 heavy (non-hydrogen) atoms. The molecule has 1 saturated carbocycles. The topological polar surface area (TPSA) is 0 Å². The second kappa shape index (κ2) is 19.4. The minimum absolute atomic E-state index is 0. The Morgan fingerprint density at radius 1 is 0.727 bits per heavy atom. The first kappa shape index (κ1) is 34.3. The van der Waals surface area contributed by atoms with E-state index in [0.29, 0.717) is 0 Å². The van der Waals surface area contributed by atoms with Crippen molar-refractivity contribution in [2.75, 3.05) is 0 Å². The molecule has 4 aromatic carbocycles. The molecular formula is C29H29Cl2Zr2+3. The van der Waals surface area contributed by atoms with Gasteiger partial charge >= 0.3 is 52.4 Å². The van der Waals surface area contributed by atoms with Gasteiger partial charge in [0.25, 0.3) is 0 Å². The molecule has 2 aliphatic rings. The summed E-state index contributed by atoms with van der Waals surface area (Å²) < 4.78 is 0. The average Bonchev–Trinajstić information content (AvgIpc) is 3.56. The van der Waals surface area contributed by atoms with Crippen LogP contribution in [0.15, 0.2) is 122 Å². The van der Waals surface area contributed by atoms with Crippen molar-refractivity contribution in [3.8, 4) is 0 Å². The minimum atomic E-state index is 0. The Hall–Kier alpha value is -0.904. The third kappa shape index (κ3) is 10.5. The van der Waals surface area contributed by atoms with E-state index in [-0.39, 0.29) is 77.2 Å². The van der Waals surface area contributed by atoms with Crippen LogP contribution in [0.1, 0.15) is 19.3 Å². The van der Waals surface area contributed by atoms with Gasteiger partial charge in [-0.3, -0.25) is 0 Å². The predicted molar refractivity (Wildman–Crippen MR) is 129 cm³/mol. The summed E-state index contributed by atoms with van der Waals surface area (Å²) in [6.07, 6.45) is 13.0. The molecule has 1 unspecified atom stereocenters. The fourth-order valence-corrected chi connectivity index (χ4v) is 3.80. The van der Waals surface area contributed by atoms with Crippen molar-refractivity contribution < 1.29 is 77.2 Å². The Morgan fingerprint density at radius 3 is 1.73 bits per heavy atom. The summed E-state index contributed by atoms with van der Waals surface area (Å²) in [5, 5.41) is 5.32. The van der Waals surface area contributed by atoms with Crippen LogP contribution < -0.4 is 24.8 Å². The van der Waals surface area contributed by atoms with Gasteiger partial charge < -0.3 is 24.8 Å². The summed E-state index contributed by atoms with van der Waals surface area (Å²) in [5.41, 5.74) is 1.58. The van der Waals surface area contributed by atoms with Crippen molar-refractivity contribution in [1.29, 1.82) is 0 Å². The van der Waals surface area contributed by atoms with Gasteiger partial charge in [0.15, 0.2) is 0 Å². The van der Waals surface area contributed by atoms with Crippen LogP contribution in [-0.2, 0) is 52.4 Å². The molecule has 0 aromatic heterocycles. The first-order valence-electron chi connectivity index (χ1n) is 10.3. The van der Waals surface area contributed by atoms with Crippen molar-refractivity contribution in [2.45, 2.75) is 19.3 Å². The van der Waals surface area contributed by atoms with Crippen LogP contribution in [0.5, 0.6) is 0 Å². The smallest absolute Gasteiger partial charge is 1.00 e. The molecule has 0 N–H and O–H groups in total.